The summed E-state index contributed by atoms with van der Waals surface area (Å²) in [5.74, 6) is -1.09. The maximum Gasteiger partial charge on any atom is 0.408 e. The van der Waals surface area contributed by atoms with Crippen LogP contribution in [0, 0.1) is 0 Å². The van der Waals surface area contributed by atoms with Gasteiger partial charge < -0.3 is 20.1 Å². The highest BCUT2D eigenvalue weighted by Gasteiger charge is 2.27. The largest absolute Gasteiger partial charge is 0.460 e. The second-order valence-corrected chi connectivity index (χ2v) is 7.75. The van der Waals surface area contributed by atoms with Gasteiger partial charge >= 0.3 is 12.1 Å². The first-order valence-electron chi connectivity index (χ1n) is 9.73. The van der Waals surface area contributed by atoms with E-state index in [1.807, 2.05) is 60.7 Å². The summed E-state index contributed by atoms with van der Waals surface area (Å²) in [6.45, 7) is 5.52. The van der Waals surface area contributed by atoms with Gasteiger partial charge in [0.1, 0.15) is 18.2 Å². The third kappa shape index (κ3) is 8.77. The van der Waals surface area contributed by atoms with Crippen LogP contribution in [0.1, 0.15) is 38.3 Å². The monoisotopic (exact) mass is 412 g/mol. The van der Waals surface area contributed by atoms with Gasteiger partial charge in [0.15, 0.2) is 0 Å². The lowest BCUT2D eigenvalue weighted by molar-refractivity contribution is -0.156. The van der Waals surface area contributed by atoms with Crippen LogP contribution in [0.4, 0.5) is 4.79 Å². The van der Waals surface area contributed by atoms with Crippen molar-refractivity contribution < 1.29 is 23.9 Å². The Morgan fingerprint density at radius 1 is 0.900 bits per heavy atom. The molecule has 0 radical (unpaired) electrons. The molecule has 2 amide bonds. The van der Waals surface area contributed by atoms with Gasteiger partial charge in [-0.1, -0.05) is 60.7 Å². The quantitative estimate of drug-likeness (QED) is 0.649. The molecule has 7 heteroatoms. The molecule has 0 aliphatic heterocycles. The van der Waals surface area contributed by atoms with Gasteiger partial charge in [0, 0.05) is 6.54 Å². The van der Waals surface area contributed by atoms with E-state index in [4.69, 9.17) is 9.47 Å². The van der Waals surface area contributed by atoms with Crippen molar-refractivity contribution in [1.29, 1.82) is 0 Å². The fraction of sp³-hybridized carbons (Fsp3) is 0.348. The van der Waals surface area contributed by atoms with Gasteiger partial charge in [0.25, 0.3) is 0 Å². The number of hydrogen-bond donors (Lipinski definition) is 2. The van der Waals surface area contributed by atoms with Crippen LogP contribution in [-0.2, 0) is 32.2 Å². The van der Waals surface area contributed by atoms with Crippen molar-refractivity contribution in [2.75, 3.05) is 0 Å². The van der Waals surface area contributed by atoms with Crippen LogP contribution >= 0.6 is 0 Å². The fourth-order valence-corrected chi connectivity index (χ4v) is 2.57. The van der Waals surface area contributed by atoms with Crippen molar-refractivity contribution in [2.24, 2.45) is 0 Å². The SMILES string of the molecule is CC(C)(C)OC(=O)C[C@H](NC(=O)OCc1ccccc1)C(=O)NCc1ccccc1. The van der Waals surface area contributed by atoms with Crippen LogP contribution in [0.25, 0.3) is 0 Å². The predicted octanol–water partition coefficient (Wildman–Crippen LogP) is 3.33. The highest BCUT2D eigenvalue weighted by atomic mass is 16.6. The van der Waals surface area contributed by atoms with E-state index in [9.17, 15) is 14.4 Å². The van der Waals surface area contributed by atoms with E-state index < -0.39 is 29.6 Å². The molecule has 0 saturated heterocycles. The van der Waals surface area contributed by atoms with Gasteiger partial charge in [-0.3, -0.25) is 9.59 Å². The summed E-state index contributed by atoms with van der Waals surface area (Å²) in [6.07, 6.45) is -1.10. The van der Waals surface area contributed by atoms with E-state index in [-0.39, 0.29) is 19.6 Å². The molecule has 0 heterocycles. The minimum Gasteiger partial charge on any atom is -0.460 e. The van der Waals surface area contributed by atoms with Gasteiger partial charge in [0.2, 0.25) is 5.91 Å². The van der Waals surface area contributed by atoms with Crippen molar-refractivity contribution >= 4 is 18.0 Å². The summed E-state index contributed by atoms with van der Waals surface area (Å²) in [6, 6.07) is 17.4. The molecule has 0 aromatic heterocycles. The number of ether oxygens (including phenoxy) is 2. The Hall–Kier alpha value is -3.35. The van der Waals surface area contributed by atoms with Gasteiger partial charge in [-0.05, 0) is 31.9 Å². The molecule has 0 unspecified atom stereocenters. The second kappa shape index (κ2) is 11.0. The third-order valence-electron chi connectivity index (χ3n) is 3.92. The predicted molar refractivity (Wildman–Crippen MR) is 112 cm³/mol. The Morgan fingerprint density at radius 3 is 2.03 bits per heavy atom. The molecule has 1 atom stereocenters. The smallest absolute Gasteiger partial charge is 0.408 e. The molecular weight excluding hydrogens is 384 g/mol. The number of carbonyl (C=O) groups excluding carboxylic acids is 3. The van der Waals surface area contributed by atoms with E-state index in [1.165, 1.54) is 0 Å². The molecule has 2 aromatic carbocycles. The zero-order valence-corrected chi connectivity index (χ0v) is 17.5. The van der Waals surface area contributed by atoms with E-state index in [2.05, 4.69) is 10.6 Å². The first kappa shape index (κ1) is 22.9. The van der Waals surface area contributed by atoms with Crippen LogP contribution in [0.5, 0.6) is 0 Å². The minimum atomic E-state index is -1.12. The van der Waals surface area contributed by atoms with E-state index in [0.29, 0.717) is 0 Å². The number of carbonyl (C=O) groups is 3. The van der Waals surface area contributed by atoms with Crippen LogP contribution in [0.2, 0.25) is 0 Å². The molecule has 30 heavy (non-hydrogen) atoms. The Kier molecular flexibility index (Phi) is 8.41. The lowest BCUT2D eigenvalue weighted by Crippen LogP contribution is -2.48. The normalized spacial score (nSPS) is 11.8. The summed E-state index contributed by atoms with van der Waals surface area (Å²) >= 11 is 0. The lowest BCUT2D eigenvalue weighted by atomic mass is 10.1. The number of benzene rings is 2. The Morgan fingerprint density at radius 2 is 1.47 bits per heavy atom. The van der Waals surface area contributed by atoms with Crippen molar-refractivity contribution in [2.45, 2.75) is 52.0 Å². The molecule has 0 aliphatic carbocycles. The highest BCUT2D eigenvalue weighted by Crippen LogP contribution is 2.10. The van der Waals surface area contributed by atoms with Crippen LogP contribution < -0.4 is 10.6 Å². The molecule has 2 aromatic rings. The molecular formula is C23H28N2O5. The summed E-state index contributed by atoms with van der Waals surface area (Å²) in [7, 11) is 0. The summed E-state index contributed by atoms with van der Waals surface area (Å²) < 4.78 is 10.5. The zero-order valence-electron chi connectivity index (χ0n) is 17.5. The average Bonchev–Trinajstić information content (AvgIpc) is 2.70. The van der Waals surface area contributed by atoms with E-state index >= 15 is 0 Å². The Balaban J connectivity index is 1.97. The lowest BCUT2D eigenvalue weighted by Gasteiger charge is -2.22. The Bertz CT molecular complexity index is 832. The number of amides is 2. The molecule has 0 aliphatic rings. The van der Waals surface area contributed by atoms with Crippen molar-refractivity contribution in [1.82, 2.24) is 10.6 Å². The maximum absolute atomic E-state index is 12.6. The van der Waals surface area contributed by atoms with Gasteiger partial charge in [-0.25, -0.2) is 4.79 Å². The number of esters is 1. The van der Waals surface area contributed by atoms with Crippen molar-refractivity contribution in [3.63, 3.8) is 0 Å². The molecule has 160 valence electrons. The zero-order chi connectivity index (χ0) is 22.0. The number of alkyl carbamates (subject to hydrolysis) is 1. The summed E-state index contributed by atoms with van der Waals surface area (Å²) in [4.78, 5) is 37.1. The first-order chi connectivity index (χ1) is 14.2. The average molecular weight is 412 g/mol. The molecule has 0 fully saturated rings. The minimum absolute atomic E-state index is 0.0530. The molecule has 2 N–H and O–H groups in total. The molecule has 0 bridgehead atoms. The first-order valence-corrected chi connectivity index (χ1v) is 9.73. The fourth-order valence-electron chi connectivity index (χ4n) is 2.57. The maximum atomic E-state index is 12.6. The standard InChI is InChI=1S/C23H28N2O5/c1-23(2,3)30-20(26)14-19(21(27)24-15-17-10-6-4-7-11-17)25-22(28)29-16-18-12-8-5-9-13-18/h4-13,19H,14-16H2,1-3H3,(H,24,27)(H,25,28)/t19-/m0/s1. The topological polar surface area (TPSA) is 93.7 Å². The van der Waals surface area contributed by atoms with Gasteiger partial charge in [-0.2, -0.15) is 0 Å². The second-order valence-electron chi connectivity index (χ2n) is 7.75. The molecule has 0 spiro atoms. The van der Waals surface area contributed by atoms with Gasteiger partial charge in [0.05, 0.1) is 6.42 Å². The number of hydrogen-bond acceptors (Lipinski definition) is 5. The number of rotatable bonds is 8. The van der Waals surface area contributed by atoms with Crippen LogP contribution in [0.3, 0.4) is 0 Å². The van der Waals surface area contributed by atoms with Crippen LogP contribution in [-0.4, -0.2) is 29.6 Å². The molecule has 0 saturated carbocycles. The molecule has 2 rings (SSSR count). The van der Waals surface area contributed by atoms with Gasteiger partial charge in [-0.15, -0.1) is 0 Å². The summed E-state index contributed by atoms with van der Waals surface area (Å²) in [5.41, 5.74) is 1.01. The van der Waals surface area contributed by atoms with Crippen molar-refractivity contribution in [3.8, 4) is 0 Å². The van der Waals surface area contributed by atoms with Crippen molar-refractivity contribution in [3.05, 3.63) is 71.8 Å². The highest BCUT2D eigenvalue weighted by molar-refractivity contribution is 5.89. The van der Waals surface area contributed by atoms with E-state index in [0.717, 1.165) is 11.1 Å². The van der Waals surface area contributed by atoms with E-state index in [1.54, 1.807) is 20.8 Å². The summed E-state index contributed by atoms with van der Waals surface area (Å²) in [5, 5.41) is 5.20. The number of nitrogens with one attached hydrogen (secondary N) is 2. The Labute approximate surface area is 176 Å². The third-order valence-corrected chi connectivity index (χ3v) is 3.92. The molecule has 7 nitrogen and oxygen atoms in total. The van der Waals surface area contributed by atoms with Crippen LogP contribution in [0.15, 0.2) is 60.7 Å².